The lowest BCUT2D eigenvalue weighted by atomic mass is 9.95. The quantitative estimate of drug-likeness (QED) is 0.936. The number of nitrogens with zero attached hydrogens (tertiary/aromatic N) is 2. The van der Waals surface area contributed by atoms with Crippen molar-refractivity contribution < 1.29 is 14.0 Å². The van der Waals surface area contributed by atoms with E-state index in [0.717, 1.165) is 22.6 Å². The molecule has 0 aliphatic carbocycles. The van der Waals surface area contributed by atoms with Crippen molar-refractivity contribution in [3.05, 3.63) is 70.8 Å². The highest BCUT2D eigenvalue weighted by atomic mass is 16.3. The molecule has 2 aliphatic rings. The Labute approximate surface area is 145 Å². The third kappa shape index (κ3) is 2.59. The molecule has 0 spiro atoms. The lowest BCUT2D eigenvalue weighted by Crippen LogP contribution is -2.45. The van der Waals surface area contributed by atoms with Crippen LogP contribution in [0.3, 0.4) is 0 Å². The van der Waals surface area contributed by atoms with E-state index in [4.69, 9.17) is 4.42 Å². The monoisotopic (exact) mass is 337 g/mol. The molecule has 2 aliphatic heterocycles. The number of benzene rings is 1. The van der Waals surface area contributed by atoms with E-state index in [1.165, 1.54) is 4.90 Å². The zero-order valence-electron chi connectivity index (χ0n) is 14.2. The summed E-state index contributed by atoms with van der Waals surface area (Å²) in [5, 5.41) is 2.94. The zero-order valence-corrected chi connectivity index (χ0v) is 14.2. The molecule has 4 rings (SSSR count). The number of carbonyl (C=O) groups excluding carboxylic acids is 2. The second kappa shape index (κ2) is 5.81. The summed E-state index contributed by atoms with van der Waals surface area (Å²) in [7, 11) is 1.69. The Morgan fingerprint density at radius 3 is 2.64 bits per heavy atom. The Morgan fingerprint density at radius 1 is 1.20 bits per heavy atom. The van der Waals surface area contributed by atoms with Crippen molar-refractivity contribution in [2.45, 2.75) is 19.5 Å². The molecule has 0 fully saturated rings. The number of hydrogen-bond donors (Lipinski definition) is 1. The molecule has 0 saturated heterocycles. The van der Waals surface area contributed by atoms with Crippen LogP contribution in [0.15, 0.2) is 58.3 Å². The number of nitrogens with one attached hydrogen (secondary N) is 1. The van der Waals surface area contributed by atoms with Gasteiger partial charge in [0, 0.05) is 7.05 Å². The van der Waals surface area contributed by atoms with E-state index in [0.29, 0.717) is 18.7 Å². The standard InChI is InChI=1S/C19H19N3O3/c1-12-5-7-13(8-6-12)17-16-15(21(2)19(24)20-17)11-22(18(16)23)10-14-4-3-9-25-14/h3-9,17H,10-11H2,1-2H3,(H,20,24)/t17-/m0/s1. The molecule has 3 heterocycles. The summed E-state index contributed by atoms with van der Waals surface area (Å²) >= 11 is 0. The Morgan fingerprint density at radius 2 is 1.96 bits per heavy atom. The molecule has 128 valence electrons. The number of amides is 3. The van der Waals surface area contributed by atoms with Crippen LogP contribution in [-0.4, -0.2) is 35.3 Å². The maximum atomic E-state index is 13.0. The van der Waals surface area contributed by atoms with Crippen molar-refractivity contribution >= 4 is 11.9 Å². The fraction of sp³-hybridized carbons (Fsp3) is 0.263. The van der Waals surface area contributed by atoms with E-state index in [2.05, 4.69) is 5.32 Å². The van der Waals surface area contributed by atoms with E-state index >= 15 is 0 Å². The van der Waals surface area contributed by atoms with Crippen molar-refractivity contribution in [1.29, 1.82) is 0 Å². The maximum Gasteiger partial charge on any atom is 0.322 e. The van der Waals surface area contributed by atoms with Gasteiger partial charge in [0.1, 0.15) is 5.76 Å². The van der Waals surface area contributed by atoms with Crippen molar-refractivity contribution in [3.63, 3.8) is 0 Å². The van der Waals surface area contributed by atoms with E-state index in [9.17, 15) is 9.59 Å². The predicted octanol–water partition coefficient (Wildman–Crippen LogP) is 2.58. The van der Waals surface area contributed by atoms with E-state index < -0.39 is 6.04 Å². The molecule has 1 aromatic carbocycles. The molecule has 1 N–H and O–H groups in total. The Balaban J connectivity index is 1.69. The average molecular weight is 337 g/mol. The first kappa shape index (κ1) is 15.5. The van der Waals surface area contributed by atoms with Crippen molar-refractivity contribution in [3.8, 4) is 0 Å². The number of likely N-dealkylation sites (N-methyl/N-ethyl adjacent to an activating group) is 1. The average Bonchev–Trinajstić information content (AvgIpc) is 3.22. The summed E-state index contributed by atoms with van der Waals surface area (Å²) in [4.78, 5) is 28.6. The van der Waals surface area contributed by atoms with Crippen molar-refractivity contribution in [2.75, 3.05) is 13.6 Å². The minimum Gasteiger partial charge on any atom is -0.467 e. The Bertz CT molecular complexity index is 853. The number of aryl methyl sites for hydroxylation is 1. The summed E-state index contributed by atoms with van der Waals surface area (Å²) < 4.78 is 5.36. The molecule has 0 unspecified atom stereocenters. The second-order valence-corrected chi connectivity index (χ2v) is 6.45. The van der Waals surface area contributed by atoms with Crippen molar-refractivity contribution in [1.82, 2.24) is 15.1 Å². The molecule has 1 aromatic heterocycles. The molecule has 6 nitrogen and oxygen atoms in total. The largest absolute Gasteiger partial charge is 0.467 e. The lowest BCUT2D eigenvalue weighted by molar-refractivity contribution is -0.126. The van der Waals surface area contributed by atoms with Gasteiger partial charge in [-0.05, 0) is 24.6 Å². The van der Waals surface area contributed by atoms with Gasteiger partial charge in [0.25, 0.3) is 5.91 Å². The molecule has 1 atom stereocenters. The minimum atomic E-state index is -0.423. The Hall–Kier alpha value is -3.02. The number of rotatable bonds is 3. The van der Waals surface area contributed by atoms with Crippen LogP contribution in [-0.2, 0) is 11.3 Å². The molecule has 0 bridgehead atoms. The third-order valence-electron chi connectivity index (χ3n) is 4.77. The van der Waals surface area contributed by atoms with Crippen LogP contribution in [0.5, 0.6) is 0 Å². The Kier molecular flexibility index (Phi) is 3.60. The minimum absolute atomic E-state index is 0.0659. The smallest absolute Gasteiger partial charge is 0.322 e. The van der Waals surface area contributed by atoms with E-state index in [-0.39, 0.29) is 11.9 Å². The molecule has 0 radical (unpaired) electrons. The zero-order chi connectivity index (χ0) is 17.6. The number of carbonyl (C=O) groups is 2. The van der Waals surface area contributed by atoms with Gasteiger partial charge in [-0.1, -0.05) is 29.8 Å². The highest BCUT2D eigenvalue weighted by Crippen LogP contribution is 2.36. The fourth-order valence-electron chi connectivity index (χ4n) is 3.35. The SMILES string of the molecule is Cc1ccc([C@@H]2NC(=O)N(C)C3=C2C(=O)N(Cc2ccco2)C3)cc1. The normalized spacial score (nSPS) is 20.2. The summed E-state index contributed by atoms with van der Waals surface area (Å²) in [6.07, 6.45) is 1.59. The van der Waals surface area contributed by atoms with Crippen molar-refractivity contribution in [2.24, 2.45) is 0 Å². The number of urea groups is 1. The van der Waals surface area contributed by atoms with Gasteiger partial charge in [-0.25, -0.2) is 4.79 Å². The second-order valence-electron chi connectivity index (χ2n) is 6.45. The molecular formula is C19H19N3O3. The van der Waals surface area contributed by atoms with Crippen LogP contribution in [0.1, 0.15) is 22.9 Å². The van der Waals surface area contributed by atoms with Gasteiger partial charge in [0.05, 0.1) is 36.7 Å². The highest BCUT2D eigenvalue weighted by Gasteiger charge is 2.42. The van der Waals surface area contributed by atoms with Crippen LogP contribution in [0.25, 0.3) is 0 Å². The fourth-order valence-corrected chi connectivity index (χ4v) is 3.35. The van der Waals surface area contributed by atoms with E-state index in [1.807, 2.05) is 37.3 Å². The van der Waals surface area contributed by atoms with Crippen LogP contribution in [0.2, 0.25) is 0 Å². The van der Waals surface area contributed by atoms with E-state index in [1.54, 1.807) is 24.3 Å². The topological polar surface area (TPSA) is 65.8 Å². The highest BCUT2D eigenvalue weighted by molar-refractivity contribution is 6.01. The first-order valence-electron chi connectivity index (χ1n) is 8.20. The number of hydrogen-bond acceptors (Lipinski definition) is 3. The van der Waals surface area contributed by atoms with Crippen LogP contribution in [0, 0.1) is 6.92 Å². The maximum absolute atomic E-state index is 13.0. The van der Waals surface area contributed by atoms with Gasteiger partial charge in [-0.15, -0.1) is 0 Å². The first-order valence-corrected chi connectivity index (χ1v) is 8.20. The molecule has 25 heavy (non-hydrogen) atoms. The molecule has 6 heteroatoms. The number of furan rings is 1. The molecule has 2 aromatic rings. The first-order chi connectivity index (χ1) is 12.0. The van der Waals surface area contributed by atoms with Crippen LogP contribution in [0.4, 0.5) is 4.79 Å². The van der Waals surface area contributed by atoms with Crippen LogP contribution < -0.4 is 5.32 Å². The lowest BCUT2D eigenvalue weighted by Gasteiger charge is -2.31. The van der Waals surface area contributed by atoms with Gasteiger partial charge in [0.15, 0.2) is 0 Å². The van der Waals surface area contributed by atoms with Gasteiger partial charge < -0.3 is 14.6 Å². The van der Waals surface area contributed by atoms with Gasteiger partial charge >= 0.3 is 6.03 Å². The van der Waals surface area contributed by atoms with Gasteiger partial charge in [0.2, 0.25) is 0 Å². The van der Waals surface area contributed by atoms with Gasteiger partial charge in [-0.2, -0.15) is 0 Å². The summed E-state index contributed by atoms with van der Waals surface area (Å²) in [5.74, 6) is 0.658. The predicted molar refractivity (Wildman–Crippen MR) is 91.4 cm³/mol. The summed E-state index contributed by atoms with van der Waals surface area (Å²) in [6, 6.07) is 10.9. The van der Waals surface area contributed by atoms with Gasteiger partial charge in [-0.3, -0.25) is 9.69 Å². The summed E-state index contributed by atoms with van der Waals surface area (Å²) in [6.45, 7) is 2.80. The molecule has 3 amide bonds. The molecular weight excluding hydrogens is 318 g/mol. The summed E-state index contributed by atoms with van der Waals surface area (Å²) in [5.41, 5.74) is 3.44. The van der Waals surface area contributed by atoms with Crippen LogP contribution >= 0.6 is 0 Å². The molecule has 0 saturated carbocycles. The third-order valence-corrected chi connectivity index (χ3v) is 4.77.